The van der Waals surface area contributed by atoms with Crippen molar-refractivity contribution in [3.8, 4) is 11.3 Å². The number of nitrogens with one attached hydrogen (secondary N) is 1. The van der Waals surface area contributed by atoms with E-state index in [9.17, 15) is 4.79 Å². The Morgan fingerprint density at radius 1 is 1.19 bits per heavy atom. The van der Waals surface area contributed by atoms with E-state index >= 15 is 0 Å². The number of benzene rings is 1. The number of rotatable bonds is 5. The van der Waals surface area contributed by atoms with Gasteiger partial charge in [-0.3, -0.25) is 9.78 Å². The van der Waals surface area contributed by atoms with Crippen molar-refractivity contribution in [3.63, 3.8) is 0 Å². The molecule has 1 N–H and O–H groups in total. The van der Waals surface area contributed by atoms with Gasteiger partial charge in [0.25, 0.3) is 5.91 Å². The molecule has 1 aliphatic rings. The second kappa shape index (κ2) is 6.96. The molecule has 1 amide bonds. The van der Waals surface area contributed by atoms with Crippen LogP contribution in [0.3, 0.4) is 0 Å². The summed E-state index contributed by atoms with van der Waals surface area (Å²) in [5.41, 5.74) is 2.79. The van der Waals surface area contributed by atoms with Crippen LogP contribution < -0.4 is 5.32 Å². The molecule has 4 rings (SSSR count). The Morgan fingerprint density at radius 2 is 2.00 bits per heavy atom. The van der Waals surface area contributed by atoms with Gasteiger partial charge >= 0.3 is 0 Å². The minimum atomic E-state index is -0.231. The van der Waals surface area contributed by atoms with Gasteiger partial charge in [0.15, 0.2) is 5.76 Å². The number of carbonyl (C=O) groups excluding carboxylic acids is 1. The monoisotopic (exact) mass is 366 g/mol. The minimum Gasteiger partial charge on any atom is -0.451 e. The second-order valence-electron chi connectivity index (χ2n) is 6.64. The average molecular weight is 367 g/mol. The molecule has 1 saturated carbocycles. The zero-order chi connectivity index (χ0) is 18.1. The fraction of sp³-hybridized carbons (Fsp3) is 0.238. The van der Waals surface area contributed by atoms with Crippen molar-refractivity contribution in [1.29, 1.82) is 0 Å². The molecule has 1 aliphatic carbocycles. The number of amides is 1. The van der Waals surface area contributed by atoms with Crippen molar-refractivity contribution in [2.75, 3.05) is 0 Å². The summed E-state index contributed by atoms with van der Waals surface area (Å²) in [5, 5.41) is 3.70. The van der Waals surface area contributed by atoms with Crippen LogP contribution in [0.15, 0.2) is 59.1 Å². The van der Waals surface area contributed by atoms with Crippen molar-refractivity contribution in [1.82, 2.24) is 10.3 Å². The number of nitrogens with zero attached hydrogens (tertiary/aromatic N) is 1. The van der Waals surface area contributed by atoms with Crippen LogP contribution in [0.4, 0.5) is 0 Å². The number of aromatic nitrogens is 1. The molecule has 1 fully saturated rings. The van der Waals surface area contributed by atoms with Gasteiger partial charge in [-0.15, -0.1) is 0 Å². The SMILES string of the molecule is Cc1cccnc1[C@H](NC(=O)c1ccc(-c2ccccc2Cl)o1)C1CC1. The standard InChI is InChI=1S/C21H19ClN2O2/c1-13-5-4-12-23-19(13)20(14-8-9-14)24-21(25)18-11-10-17(26-18)15-6-2-3-7-16(15)22/h2-7,10-12,14,20H,8-9H2,1H3,(H,24,25)/t20-/m1/s1. The van der Waals surface area contributed by atoms with Crippen molar-refractivity contribution in [3.05, 3.63) is 76.8 Å². The quantitative estimate of drug-likeness (QED) is 0.676. The first-order valence-electron chi connectivity index (χ1n) is 8.70. The van der Waals surface area contributed by atoms with Gasteiger partial charge in [-0.2, -0.15) is 0 Å². The lowest BCUT2D eigenvalue weighted by Crippen LogP contribution is -2.30. The highest BCUT2D eigenvalue weighted by Crippen LogP contribution is 2.41. The van der Waals surface area contributed by atoms with E-state index in [0.717, 1.165) is 29.7 Å². The third-order valence-electron chi connectivity index (χ3n) is 4.69. The molecule has 0 aliphatic heterocycles. The fourth-order valence-corrected chi connectivity index (χ4v) is 3.37. The van der Waals surface area contributed by atoms with Crippen LogP contribution in [-0.2, 0) is 0 Å². The van der Waals surface area contributed by atoms with Crippen LogP contribution in [0.25, 0.3) is 11.3 Å². The summed E-state index contributed by atoms with van der Waals surface area (Å²) in [6.07, 6.45) is 3.97. The van der Waals surface area contributed by atoms with Gasteiger partial charge in [0.2, 0.25) is 0 Å². The molecular formula is C21H19ClN2O2. The van der Waals surface area contributed by atoms with Crippen molar-refractivity contribution in [2.24, 2.45) is 5.92 Å². The highest BCUT2D eigenvalue weighted by atomic mass is 35.5. The fourth-order valence-electron chi connectivity index (χ4n) is 3.14. The predicted molar refractivity (Wildman–Crippen MR) is 101 cm³/mol. The minimum absolute atomic E-state index is 0.0856. The molecule has 1 aromatic carbocycles. The van der Waals surface area contributed by atoms with Crippen molar-refractivity contribution >= 4 is 17.5 Å². The summed E-state index contributed by atoms with van der Waals surface area (Å²) in [7, 11) is 0. The lowest BCUT2D eigenvalue weighted by Gasteiger charge is -2.18. The topological polar surface area (TPSA) is 55.1 Å². The van der Waals surface area contributed by atoms with Gasteiger partial charge < -0.3 is 9.73 Å². The Balaban J connectivity index is 1.56. The Kier molecular flexibility index (Phi) is 4.51. The Morgan fingerprint density at radius 3 is 2.73 bits per heavy atom. The number of hydrogen-bond acceptors (Lipinski definition) is 3. The predicted octanol–water partition coefficient (Wildman–Crippen LogP) is 5.18. The van der Waals surface area contributed by atoms with Gasteiger partial charge in [-0.05, 0) is 61.6 Å². The molecule has 3 aromatic rings. The van der Waals surface area contributed by atoms with E-state index in [2.05, 4.69) is 10.3 Å². The van der Waals surface area contributed by atoms with E-state index < -0.39 is 0 Å². The number of pyridine rings is 1. The summed E-state index contributed by atoms with van der Waals surface area (Å²) in [5.74, 6) is 1.06. The molecule has 0 saturated heterocycles. The normalized spacial score (nSPS) is 14.8. The maximum atomic E-state index is 12.7. The summed E-state index contributed by atoms with van der Waals surface area (Å²) >= 11 is 6.21. The summed E-state index contributed by atoms with van der Waals surface area (Å²) < 4.78 is 5.76. The molecule has 26 heavy (non-hydrogen) atoms. The van der Waals surface area contributed by atoms with Gasteiger partial charge in [-0.1, -0.05) is 29.8 Å². The third kappa shape index (κ3) is 3.37. The zero-order valence-electron chi connectivity index (χ0n) is 14.4. The number of aryl methyl sites for hydroxylation is 1. The molecule has 4 nitrogen and oxygen atoms in total. The van der Waals surface area contributed by atoms with E-state index in [1.54, 1.807) is 24.4 Å². The van der Waals surface area contributed by atoms with Gasteiger partial charge in [0, 0.05) is 11.8 Å². The molecule has 0 spiro atoms. The molecule has 132 valence electrons. The van der Waals surface area contributed by atoms with E-state index in [0.29, 0.717) is 16.7 Å². The van der Waals surface area contributed by atoms with Crippen LogP contribution in [0.2, 0.25) is 5.02 Å². The van der Waals surface area contributed by atoms with Gasteiger partial charge in [-0.25, -0.2) is 0 Å². The first-order valence-corrected chi connectivity index (χ1v) is 9.08. The summed E-state index contributed by atoms with van der Waals surface area (Å²) in [4.78, 5) is 17.2. The second-order valence-corrected chi connectivity index (χ2v) is 7.05. The Labute approximate surface area is 157 Å². The maximum Gasteiger partial charge on any atom is 0.287 e. The smallest absolute Gasteiger partial charge is 0.287 e. The van der Waals surface area contributed by atoms with Crippen molar-refractivity contribution < 1.29 is 9.21 Å². The third-order valence-corrected chi connectivity index (χ3v) is 5.02. The molecular weight excluding hydrogens is 348 g/mol. The maximum absolute atomic E-state index is 12.7. The summed E-state index contributed by atoms with van der Waals surface area (Å²) in [6, 6.07) is 14.7. The van der Waals surface area contributed by atoms with E-state index in [-0.39, 0.29) is 17.7 Å². The number of halogens is 1. The summed E-state index contributed by atoms with van der Waals surface area (Å²) in [6.45, 7) is 2.02. The molecule has 0 unspecified atom stereocenters. The molecule has 0 bridgehead atoms. The zero-order valence-corrected chi connectivity index (χ0v) is 15.2. The lowest BCUT2D eigenvalue weighted by molar-refractivity contribution is 0.0903. The molecule has 2 aromatic heterocycles. The van der Waals surface area contributed by atoms with Gasteiger partial charge in [0.05, 0.1) is 16.8 Å². The molecule has 5 heteroatoms. The number of hydrogen-bond donors (Lipinski definition) is 1. The highest BCUT2D eigenvalue weighted by Gasteiger charge is 2.35. The molecule has 1 atom stereocenters. The number of furan rings is 1. The van der Waals surface area contributed by atoms with E-state index in [1.165, 1.54) is 0 Å². The Hall–Kier alpha value is -2.59. The average Bonchev–Trinajstić information content (AvgIpc) is 3.37. The first kappa shape index (κ1) is 16.9. The van der Waals surface area contributed by atoms with Crippen LogP contribution in [0, 0.1) is 12.8 Å². The lowest BCUT2D eigenvalue weighted by atomic mass is 10.0. The van der Waals surface area contributed by atoms with Crippen LogP contribution >= 0.6 is 11.6 Å². The van der Waals surface area contributed by atoms with E-state index in [4.69, 9.17) is 16.0 Å². The highest BCUT2D eigenvalue weighted by molar-refractivity contribution is 6.33. The van der Waals surface area contributed by atoms with Crippen LogP contribution in [0.1, 0.15) is 40.7 Å². The number of carbonyl (C=O) groups is 1. The van der Waals surface area contributed by atoms with Crippen LogP contribution in [0.5, 0.6) is 0 Å². The van der Waals surface area contributed by atoms with Crippen LogP contribution in [-0.4, -0.2) is 10.9 Å². The molecule has 0 radical (unpaired) electrons. The largest absolute Gasteiger partial charge is 0.451 e. The van der Waals surface area contributed by atoms with Crippen molar-refractivity contribution in [2.45, 2.75) is 25.8 Å². The first-order chi connectivity index (χ1) is 12.6. The molecule has 2 heterocycles. The Bertz CT molecular complexity index is 946. The van der Waals surface area contributed by atoms with E-state index in [1.807, 2.05) is 37.3 Å². The van der Waals surface area contributed by atoms with Gasteiger partial charge in [0.1, 0.15) is 5.76 Å².